The van der Waals surface area contributed by atoms with Gasteiger partial charge in [-0.3, -0.25) is 28.8 Å². The average Bonchev–Trinajstić information content (AvgIpc) is 3.18. The molecule has 0 aliphatic carbocycles. The molecule has 1 unspecified atom stereocenters. The summed E-state index contributed by atoms with van der Waals surface area (Å²) in [5.41, 5.74) is 9.09. The number of Topliss-reactive ketones (excluding diaryl/α,β-unsaturated/α-hetero) is 3. The Labute approximate surface area is 315 Å². The number of nitrogens with two attached hydrogens (primary N) is 1. The van der Waals surface area contributed by atoms with Crippen molar-refractivity contribution in [1.29, 1.82) is 0 Å². The predicted molar refractivity (Wildman–Crippen MR) is 208 cm³/mol. The van der Waals surface area contributed by atoms with Crippen LogP contribution in [0.15, 0.2) is 133 Å². The lowest BCUT2D eigenvalue weighted by Crippen LogP contribution is -2.52. The molecule has 9 heteroatoms. The maximum atomic E-state index is 13.9. The molecular weight excluding hydrogens is 679 g/mol. The number of hydrogen-bond acceptors (Lipinski definition) is 6. The van der Waals surface area contributed by atoms with Gasteiger partial charge in [0.25, 0.3) is 5.91 Å². The standard InChI is InChI=1S/C45H45N3O6/c1-30(47-44(53)37(24-31-14-5-2-6-15-31)28-38(49)25-32-16-7-3-8-17-32)42(51)45(54)48-40(26-33-18-9-4-10-19-33)41(50)29-36(43(46)52)27-35-22-13-21-34-20-11-12-23-39(34)35/h2-23,30,36-37,40H,24-29H2,1H3,(H2,46,52)(H,47,53)(H,48,54)/t30?,36-,37-,40+/m1/s1. The van der Waals surface area contributed by atoms with Crippen LogP contribution in [0, 0.1) is 11.8 Å². The fraction of sp³-hybridized carbons (Fsp3) is 0.244. The highest BCUT2D eigenvalue weighted by molar-refractivity contribution is 6.38. The van der Waals surface area contributed by atoms with E-state index in [4.69, 9.17) is 5.73 Å². The molecule has 0 spiro atoms. The van der Waals surface area contributed by atoms with Gasteiger partial charge < -0.3 is 16.4 Å². The van der Waals surface area contributed by atoms with Crippen LogP contribution in [0.3, 0.4) is 0 Å². The number of hydrogen-bond donors (Lipinski definition) is 3. The topological polar surface area (TPSA) is 152 Å². The summed E-state index contributed by atoms with van der Waals surface area (Å²) >= 11 is 0. The third kappa shape index (κ3) is 11.1. The minimum absolute atomic E-state index is 0.0593. The fourth-order valence-electron chi connectivity index (χ4n) is 6.64. The molecule has 0 saturated carbocycles. The van der Waals surface area contributed by atoms with E-state index in [1.807, 2.05) is 109 Å². The molecule has 3 amide bonds. The van der Waals surface area contributed by atoms with E-state index in [9.17, 15) is 28.8 Å². The second-order valence-corrected chi connectivity index (χ2v) is 13.7. The summed E-state index contributed by atoms with van der Waals surface area (Å²) in [6.45, 7) is 1.40. The number of ketones is 3. The smallest absolute Gasteiger partial charge is 0.290 e. The normalized spacial score (nSPS) is 13.2. The number of rotatable bonds is 19. The highest BCUT2D eigenvalue weighted by Crippen LogP contribution is 2.23. The van der Waals surface area contributed by atoms with Crippen molar-refractivity contribution >= 4 is 45.8 Å². The maximum Gasteiger partial charge on any atom is 0.290 e. The van der Waals surface area contributed by atoms with Crippen molar-refractivity contribution in [2.24, 2.45) is 17.6 Å². The fourth-order valence-corrected chi connectivity index (χ4v) is 6.64. The van der Waals surface area contributed by atoms with Gasteiger partial charge in [-0.1, -0.05) is 133 Å². The highest BCUT2D eigenvalue weighted by Gasteiger charge is 2.32. The molecule has 5 aromatic carbocycles. The summed E-state index contributed by atoms with van der Waals surface area (Å²) in [4.78, 5) is 80.2. The molecule has 0 aliphatic heterocycles. The van der Waals surface area contributed by atoms with Gasteiger partial charge in [0.2, 0.25) is 17.6 Å². The van der Waals surface area contributed by atoms with Crippen LogP contribution in [-0.2, 0) is 54.5 Å². The van der Waals surface area contributed by atoms with Gasteiger partial charge in [0, 0.05) is 31.1 Å². The summed E-state index contributed by atoms with van der Waals surface area (Å²) in [6, 6.07) is 38.6. The van der Waals surface area contributed by atoms with Crippen LogP contribution < -0.4 is 16.4 Å². The zero-order valence-electron chi connectivity index (χ0n) is 30.3. The maximum absolute atomic E-state index is 13.9. The molecule has 5 rings (SSSR count). The van der Waals surface area contributed by atoms with Crippen LogP contribution in [0.2, 0.25) is 0 Å². The average molecular weight is 724 g/mol. The third-order valence-electron chi connectivity index (χ3n) is 9.56. The first-order chi connectivity index (χ1) is 26.1. The Balaban J connectivity index is 1.27. The van der Waals surface area contributed by atoms with Crippen LogP contribution in [0.25, 0.3) is 10.8 Å². The number of fused-ring (bicyclic) bond motifs is 1. The van der Waals surface area contributed by atoms with Gasteiger partial charge >= 0.3 is 0 Å². The van der Waals surface area contributed by atoms with Crippen molar-refractivity contribution in [1.82, 2.24) is 10.6 Å². The molecule has 276 valence electrons. The Morgan fingerprint density at radius 1 is 0.574 bits per heavy atom. The van der Waals surface area contributed by atoms with E-state index >= 15 is 0 Å². The molecule has 0 aromatic heterocycles. The Morgan fingerprint density at radius 3 is 1.76 bits per heavy atom. The molecule has 0 fully saturated rings. The van der Waals surface area contributed by atoms with Gasteiger partial charge in [-0.15, -0.1) is 0 Å². The van der Waals surface area contributed by atoms with Gasteiger partial charge in [0.1, 0.15) is 5.78 Å². The van der Waals surface area contributed by atoms with E-state index in [-0.39, 0.29) is 44.3 Å². The lowest BCUT2D eigenvalue weighted by atomic mass is 9.88. The van der Waals surface area contributed by atoms with Crippen LogP contribution in [0.4, 0.5) is 0 Å². The first-order valence-corrected chi connectivity index (χ1v) is 18.1. The van der Waals surface area contributed by atoms with Crippen LogP contribution in [-0.4, -0.2) is 47.2 Å². The molecule has 9 nitrogen and oxygen atoms in total. The molecule has 4 atom stereocenters. The van der Waals surface area contributed by atoms with E-state index in [0.717, 1.165) is 33.0 Å². The zero-order chi connectivity index (χ0) is 38.5. The summed E-state index contributed by atoms with van der Waals surface area (Å²) in [5, 5.41) is 7.17. The van der Waals surface area contributed by atoms with Crippen molar-refractivity contribution in [3.8, 4) is 0 Å². The van der Waals surface area contributed by atoms with Gasteiger partial charge in [-0.2, -0.15) is 0 Å². The zero-order valence-corrected chi connectivity index (χ0v) is 30.3. The predicted octanol–water partition coefficient (Wildman–Crippen LogP) is 5.31. The number of amides is 3. The van der Waals surface area contributed by atoms with Crippen molar-refractivity contribution in [2.75, 3.05) is 0 Å². The van der Waals surface area contributed by atoms with Gasteiger partial charge in [0.05, 0.1) is 12.1 Å². The number of primary amides is 1. The minimum Gasteiger partial charge on any atom is -0.369 e. The summed E-state index contributed by atoms with van der Waals surface area (Å²) in [6.07, 6.45) is 0.390. The lowest BCUT2D eigenvalue weighted by Gasteiger charge is -2.22. The van der Waals surface area contributed by atoms with E-state index in [0.29, 0.717) is 0 Å². The Bertz CT molecular complexity index is 2080. The first kappa shape index (κ1) is 39.0. The van der Waals surface area contributed by atoms with Crippen LogP contribution >= 0.6 is 0 Å². The van der Waals surface area contributed by atoms with Crippen molar-refractivity contribution < 1.29 is 28.8 Å². The molecular formula is C45H45N3O6. The molecule has 0 saturated heterocycles. The quantitative estimate of drug-likeness (QED) is 0.0984. The van der Waals surface area contributed by atoms with E-state index in [1.54, 1.807) is 24.3 Å². The SMILES string of the molecule is CC(NC(=O)[C@@H](CC(=O)Cc1ccccc1)Cc1ccccc1)C(=O)C(=O)N[C@@H](Cc1ccccc1)C(=O)C[C@@H](Cc1cccc2ccccc12)C(N)=O. The van der Waals surface area contributed by atoms with E-state index in [1.165, 1.54) is 6.92 Å². The molecule has 4 N–H and O–H groups in total. The van der Waals surface area contributed by atoms with E-state index < -0.39 is 53.2 Å². The summed E-state index contributed by atoms with van der Waals surface area (Å²) in [5.74, 6) is -5.44. The Hall–Kier alpha value is -6.22. The van der Waals surface area contributed by atoms with Gasteiger partial charge in [-0.05, 0) is 59.2 Å². The summed E-state index contributed by atoms with van der Waals surface area (Å²) < 4.78 is 0. The molecule has 0 heterocycles. The van der Waals surface area contributed by atoms with Gasteiger partial charge in [-0.25, -0.2) is 0 Å². The minimum atomic E-state index is -1.25. The van der Waals surface area contributed by atoms with Crippen molar-refractivity contribution in [2.45, 2.75) is 57.5 Å². The molecule has 5 aromatic rings. The summed E-state index contributed by atoms with van der Waals surface area (Å²) in [7, 11) is 0. The number of carbonyl (C=O) groups is 6. The molecule has 0 aliphatic rings. The highest BCUT2D eigenvalue weighted by atomic mass is 16.2. The monoisotopic (exact) mass is 723 g/mol. The van der Waals surface area contributed by atoms with Crippen LogP contribution in [0.1, 0.15) is 42.0 Å². The second kappa shape index (κ2) is 19.0. The number of benzene rings is 5. The van der Waals surface area contributed by atoms with E-state index in [2.05, 4.69) is 10.6 Å². The van der Waals surface area contributed by atoms with Gasteiger partial charge in [0.15, 0.2) is 5.78 Å². The lowest BCUT2D eigenvalue weighted by molar-refractivity contribution is -0.141. The second-order valence-electron chi connectivity index (χ2n) is 13.7. The number of nitrogens with one attached hydrogen (secondary N) is 2. The molecule has 0 bridgehead atoms. The first-order valence-electron chi connectivity index (χ1n) is 18.1. The number of carbonyl (C=O) groups excluding carboxylic acids is 6. The Kier molecular flexibility index (Phi) is 13.7. The van der Waals surface area contributed by atoms with Crippen molar-refractivity contribution in [3.05, 3.63) is 156 Å². The molecule has 54 heavy (non-hydrogen) atoms. The molecule has 0 radical (unpaired) electrons. The Morgan fingerprint density at radius 2 is 1.13 bits per heavy atom. The van der Waals surface area contributed by atoms with Crippen molar-refractivity contribution in [3.63, 3.8) is 0 Å². The third-order valence-corrected chi connectivity index (χ3v) is 9.56. The van der Waals surface area contributed by atoms with Crippen LogP contribution in [0.5, 0.6) is 0 Å². The largest absolute Gasteiger partial charge is 0.369 e.